The molecule has 3 aromatic heterocycles. The highest BCUT2D eigenvalue weighted by atomic mass is 35.5. The summed E-state index contributed by atoms with van der Waals surface area (Å²) in [6.45, 7) is 2.98. The molecule has 7 nitrogen and oxygen atoms in total. The Balaban J connectivity index is 1.46. The average Bonchev–Trinajstić information content (AvgIpc) is 3.09. The van der Waals surface area contributed by atoms with Crippen molar-refractivity contribution >= 4 is 32.7 Å². The van der Waals surface area contributed by atoms with Crippen LogP contribution < -0.4 is 0 Å². The summed E-state index contributed by atoms with van der Waals surface area (Å²) < 4.78 is 27.5. The Bertz CT molecular complexity index is 1010. The van der Waals surface area contributed by atoms with E-state index in [1.807, 2.05) is 6.07 Å². The summed E-state index contributed by atoms with van der Waals surface area (Å²) in [6, 6.07) is 7.23. The van der Waals surface area contributed by atoms with E-state index in [0.717, 1.165) is 12.1 Å². The van der Waals surface area contributed by atoms with Gasteiger partial charge in [0.2, 0.25) is 10.0 Å². The molecule has 26 heavy (non-hydrogen) atoms. The van der Waals surface area contributed by atoms with Crippen molar-refractivity contribution in [2.75, 3.05) is 26.2 Å². The van der Waals surface area contributed by atoms with Crippen molar-refractivity contribution in [3.8, 4) is 0 Å². The second kappa shape index (κ2) is 6.96. The zero-order valence-corrected chi connectivity index (χ0v) is 15.5. The van der Waals surface area contributed by atoms with Crippen LogP contribution in [0.3, 0.4) is 0 Å². The van der Waals surface area contributed by atoms with E-state index in [9.17, 15) is 8.42 Å². The zero-order valence-electron chi connectivity index (χ0n) is 14.0. The van der Waals surface area contributed by atoms with Crippen LogP contribution in [0.1, 0.15) is 5.56 Å². The van der Waals surface area contributed by atoms with Gasteiger partial charge in [-0.3, -0.25) is 4.90 Å². The third kappa shape index (κ3) is 3.33. The van der Waals surface area contributed by atoms with Crippen LogP contribution in [-0.4, -0.2) is 58.8 Å². The molecule has 0 spiro atoms. The number of piperazine rings is 1. The smallest absolute Gasteiger partial charge is 0.245 e. The number of nitrogens with one attached hydrogen (secondary N) is 1. The van der Waals surface area contributed by atoms with Gasteiger partial charge in [-0.15, -0.1) is 0 Å². The monoisotopic (exact) mass is 391 g/mol. The second-order valence-corrected chi connectivity index (χ2v) is 8.52. The summed E-state index contributed by atoms with van der Waals surface area (Å²) >= 11 is 5.81. The normalized spacial score (nSPS) is 17.0. The molecule has 136 valence electrons. The lowest BCUT2D eigenvalue weighted by atomic mass is 10.2. The predicted molar refractivity (Wildman–Crippen MR) is 99.4 cm³/mol. The van der Waals surface area contributed by atoms with Crippen LogP contribution in [0.15, 0.2) is 47.8 Å². The van der Waals surface area contributed by atoms with Crippen molar-refractivity contribution in [3.05, 3.63) is 53.6 Å². The van der Waals surface area contributed by atoms with Crippen molar-refractivity contribution in [2.24, 2.45) is 0 Å². The zero-order chi connectivity index (χ0) is 18.1. The summed E-state index contributed by atoms with van der Waals surface area (Å²) in [7, 11) is -3.54. The fraction of sp³-hybridized carbons (Fsp3) is 0.294. The molecule has 1 fully saturated rings. The molecule has 0 bridgehead atoms. The molecule has 0 radical (unpaired) electrons. The Morgan fingerprint density at radius 1 is 1.12 bits per heavy atom. The van der Waals surface area contributed by atoms with Crippen molar-refractivity contribution in [1.82, 2.24) is 24.2 Å². The maximum atomic E-state index is 13.0. The SMILES string of the molecule is O=S(=O)(c1c[nH]c2ncccc12)N1CCN(Cc2ccc(Cl)nc2)CC1. The molecule has 1 saturated heterocycles. The maximum Gasteiger partial charge on any atom is 0.245 e. The van der Waals surface area contributed by atoms with Crippen LogP contribution in [0, 0.1) is 0 Å². The predicted octanol–water partition coefficient (Wildman–Crippen LogP) is 2.12. The van der Waals surface area contributed by atoms with Gasteiger partial charge in [0.05, 0.1) is 0 Å². The summed E-state index contributed by atoms with van der Waals surface area (Å²) in [6.07, 6.45) is 4.92. The number of hydrogen-bond acceptors (Lipinski definition) is 5. The van der Waals surface area contributed by atoms with Crippen molar-refractivity contribution in [1.29, 1.82) is 0 Å². The number of aromatic nitrogens is 3. The molecule has 1 aliphatic heterocycles. The maximum absolute atomic E-state index is 13.0. The van der Waals surface area contributed by atoms with E-state index in [4.69, 9.17) is 11.6 Å². The highest BCUT2D eigenvalue weighted by molar-refractivity contribution is 7.89. The molecular weight excluding hydrogens is 374 g/mol. The number of halogens is 1. The van der Waals surface area contributed by atoms with Gasteiger partial charge in [-0.25, -0.2) is 18.4 Å². The van der Waals surface area contributed by atoms with Crippen LogP contribution in [0.4, 0.5) is 0 Å². The Hall–Kier alpha value is -2.00. The van der Waals surface area contributed by atoms with Crippen LogP contribution >= 0.6 is 11.6 Å². The summed E-state index contributed by atoms with van der Waals surface area (Å²) in [5.41, 5.74) is 1.65. The number of fused-ring (bicyclic) bond motifs is 1. The largest absolute Gasteiger partial charge is 0.345 e. The number of sulfonamides is 1. The first-order valence-electron chi connectivity index (χ1n) is 8.29. The van der Waals surface area contributed by atoms with Crippen molar-refractivity contribution in [3.63, 3.8) is 0 Å². The highest BCUT2D eigenvalue weighted by Crippen LogP contribution is 2.25. The first-order chi connectivity index (χ1) is 12.5. The van der Waals surface area contributed by atoms with Gasteiger partial charge in [0, 0.05) is 56.7 Å². The number of rotatable bonds is 4. The Kier molecular flexibility index (Phi) is 4.66. The molecule has 0 aromatic carbocycles. The molecule has 0 saturated carbocycles. The number of hydrogen-bond donors (Lipinski definition) is 1. The van der Waals surface area contributed by atoms with E-state index in [1.54, 1.807) is 34.9 Å². The third-order valence-corrected chi connectivity index (χ3v) is 6.72. The Morgan fingerprint density at radius 2 is 1.92 bits per heavy atom. The number of aromatic amines is 1. The van der Waals surface area contributed by atoms with Crippen molar-refractivity contribution in [2.45, 2.75) is 11.4 Å². The highest BCUT2D eigenvalue weighted by Gasteiger charge is 2.30. The van der Waals surface area contributed by atoms with E-state index in [0.29, 0.717) is 42.4 Å². The molecule has 0 amide bonds. The van der Waals surface area contributed by atoms with Gasteiger partial charge in [0.1, 0.15) is 15.7 Å². The van der Waals surface area contributed by atoms with Crippen LogP contribution in [0.2, 0.25) is 5.15 Å². The van der Waals surface area contributed by atoms with E-state index in [-0.39, 0.29) is 4.90 Å². The molecule has 3 aromatic rings. The average molecular weight is 392 g/mol. The molecule has 4 rings (SSSR count). The molecule has 9 heteroatoms. The van der Waals surface area contributed by atoms with Gasteiger partial charge < -0.3 is 4.98 Å². The molecule has 1 aliphatic rings. The Morgan fingerprint density at radius 3 is 2.65 bits per heavy atom. The second-order valence-electron chi connectivity index (χ2n) is 6.22. The lowest BCUT2D eigenvalue weighted by Gasteiger charge is -2.33. The molecular formula is C17H18ClN5O2S. The summed E-state index contributed by atoms with van der Waals surface area (Å²) in [5.74, 6) is 0. The number of pyridine rings is 2. The van der Waals surface area contributed by atoms with Gasteiger partial charge >= 0.3 is 0 Å². The van der Waals surface area contributed by atoms with E-state index in [1.165, 1.54) is 6.20 Å². The first kappa shape index (κ1) is 17.4. The van der Waals surface area contributed by atoms with E-state index >= 15 is 0 Å². The van der Waals surface area contributed by atoms with Crippen LogP contribution in [-0.2, 0) is 16.6 Å². The van der Waals surface area contributed by atoms with Gasteiger partial charge in [-0.1, -0.05) is 17.7 Å². The number of nitrogens with zero attached hydrogens (tertiary/aromatic N) is 4. The fourth-order valence-corrected chi connectivity index (χ4v) is 4.85. The summed E-state index contributed by atoms with van der Waals surface area (Å²) in [5, 5.41) is 1.10. The first-order valence-corrected chi connectivity index (χ1v) is 10.1. The Labute approximate surface area is 156 Å². The topological polar surface area (TPSA) is 82.2 Å². The fourth-order valence-electron chi connectivity index (χ4n) is 3.17. The van der Waals surface area contributed by atoms with Gasteiger partial charge in [0.25, 0.3) is 0 Å². The molecule has 0 atom stereocenters. The summed E-state index contributed by atoms with van der Waals surface area (Å²) in [4.78, 5) is 13.7. The lowest BCUT2D eigenvalue weighted by molar-refractivity contribution is 0.181. The third-order valence-electron chi connectivity index (χ3n) is 4.56. The van der Waals surface area contributed by atoms with Crippen LogP contribution in [0.25, 0.3) is 11.0 Å². The lowest BCUT2D eigenvalue weighted by Crippen LogP contribution is -2.48. The van der Waals surface area contributed by atoms with E-state index < -0.39 is 10.0 Å². The van der Waals surface area contributed by atoms with Crippen molar-refractivity contribution < 1.29 is 8.42 Å². The minimum absolute atomic E-state index is 0.288. The number of H-pyrrole nitrogens is 1. The minimum Gasteiger partial charge on any atom is -0.345 e. The quantitative estimate of drug-likeness (QED) is 0.689. The standard InChI is InChI=1S/C17H18ClN5O2S/c18-16-4-3-13(10-20-16)12-22-6-8-23(9-7-22)26(24,25)15-11-21-17-14(15)2-1-5-19-17/h1-5,10-11H,6-9,12H2,(H,19,21). The van der Waals surface area contributed by atoms with E-state index in [2.05, 4.69) is 19.9 Å². The molecule has 1 N–H and O–H groups in total. The molecule has 4 heterocycles. The van der Waals surface area contributed by atoms with Gasteiger partial charge in [0.15, 0.2) is 0 Å². The van der Waals surface area contributed by atoms with Gasteiger partial charge in [-0.05, 0) is 23.8 Å². The minimum atomic E-state index is -3.54. The molecule has 0 aliphatic carbocycles. The van der Waals surface area contributed by atoms with Gasteiger partial charge in [-0.2, -0.15) is 4.31 Å². The van der Waals surface area contributed by atoms with Crippen LogP contribution in [0.5, 0.6) is 0 Å². The molecule has 0 unspecified atom stereocenters.